The standard InChI is InChI=1S/C15H20F2N4O/c1-9-3-7-21(9)14-18-12-11(2-5-15(12,16)17)13(19-14)20-6-4-10(22)8-20/h9-10,22H,2-8H2,1H3/t9-,10?/m0/s1. The summed E-state index contributed by atoms with van der Waals surface area (Å²) in [7, 11) is 0. The first-order valence-corrected chi connectivity index (χ1v) is 7.94. The van der Waals surface area contributed by atoms with Crippen LogP contribution in [0.25, 0.3) is 0 Å². The fourth-order valence-corrected chi connectivity index (χ4v) is 3.53. The van der Waals surface area contributed by atoms with E-state index >= 15 is 0 Å². The molecular formula is C15H20F2N4O. The highest BCUT2D eigenvalue weighted by Crippen LogP contribution is 2.45. The number of aromatic nitrogens is 2. The minimum Gasteiger partial charge on any atom is -0.391 e. The van der Waals surface area contributed by atoms with Crippen LogP contribution in [0.4, 0.5) is 20.5 Å². The highest BCUT2D eigenvalue weighted by Gasteiger charge is 2.45. The zero-order valence-electron chi connectivity index (χ0n) is 12.6. The topological polar surface area (TPSA) is 52.5 Å². The molecule has 2 atom stereocenters. The predicted molar refractivity (Wildman–Crippen MR) is 78.5 cm³/mol. The summed E-state index contributed by atoms with van der Waals surface area (Å²) in [6.45, 7) is 3.99. The van der Waals surface area contributed by atoms with Crippen molar-refractivity contribution in [3.63, 3.8) is 0 Å². The Kier molecular flexibility index (Phi) is 3.04. The summed E-state index contributed by atoms with van der Waals surface area (Å²) in [5.74, 6) is -1.85. The van der Waals surface area contributed by atoms with Crippen LogP contribution >= 0.6 is 0 Å². The normalized spacial score (nSPS) is 29.6. The van der Waals surface area contributed by atoms with E-state index in [1.807, 2.05) is 9.80 Å². The van der Waals surface area contributed by atoms with Gasteiger partial charge in [-0.3, -0.25) is 0 Å². The number of nitrogens with zero attached hydrogens (tertiary/aromatic N) is 4. The van der Waals surface area contributed by atoms with Crippen LogP contribution in [0.2, 0.25) is 0 Å². The van der Waals surface area contributed by atoms with E-state index in [4.69, 9.17) is 0 Å². The molecule has 0 spiro atoms. The van der Waals surface area contributed by atoms with Crippen molar-refractivity contribution in [3.8, 4) is 0 Å². The maximum atomic E-state index is 14.2. The van der Waals surface area contributed by atoms with Gasteiger partial charge in [-0.25, -0.2) is 4.98 Å². The number of halogens is 2. The van der Waals surface area contributed by atoms with Crippen LogP contribution in [-0.4, -0.2) is 46.9 Å². The van der Waals surface area contributed by atoms with Crippen molar-refractivity contribution in [1.29, 1.82) is 0 Å². The Hall–Kier alpha value is -1.50. The van der Waals surface area contributed by atoms with E-state index in [9.17, 15) is 13.9 Å². The Labute approximate surface area is 128 Å². The zero-order chi connectivity index (χ0) is 15.5. The monoisotopic (exact) mass is 310 g/mol. The van der Waals surface area contributed by atoms with Gasteiger partial charge in [0.1, 0.15) is 11.5 Å². The van der Waals surface area contributed by atoms with Gasteiger partial charge in [-0.15, -0.1) is 0 Å². The number of hydrogen-bond acceptors (Lipinski definition) is 5. The van der Waals surface area contributed by atoms with Crippen molar-refractivity contribution in [2.75, 3.05) is 29.4 Å². The molecule has 2 fully saturated rings. The van der Waals surface area contributed by atoms with Crippen molar-refractivity contribution in [1.82, 2.24) is 9.97 Å². The fourth-order valence-electron chi connectivity index (χ4n) is 3.53. The summed E-state index contributed by atoms with van der Waals surface area (Å²) in [6.07, 6.45) is 1.40. The van der Waals surface area contributed by atoms with E-state index in [2.05, 4.69) is 16.9 Å². The van der Waals surface area contributed by atoms with Crippen LogP contribution in [0.1, 0.15) is 37.4 Å². The van der Waals surface area contributed by atoms with E-state index in [1.165, 1.54) is 0 Å². The molecule has 1 aliphatic carbocycles. The van der Waals surface area contributed by atoms with Gasteiger partial charge < -0.3 is 14.9 Å². The molecule has 0 saturated carbocycles. The summed E-state index contributed by atoms with van der Waals surface area (Å²) < 4.78 is 28.3. The summed E-state index contributed by atoms with van der Waals surface area (Å²) in [5.41, 5.74) is 0.462. The van der Waals surface area contributed by atoms with E-state index < -0.39 is 12.0 Å². The molecule has 1 N–H and O–H groups in total. The number of anilines is 2. The van der Waals surface area contributed by atoms with Gasteiger partial charge in [0.2, 0.25) is 5.95 Å². The third-order valence-electron chi connectivity index (χ3n) is 5.05. The average molecular weight is 310 g/mol. The summed E-state index contributed by atoms with van der Waals surface area (Å²) in [4.78, 5) is 12.7. The number of alkyl halides is 2. The first-order valence-electron chi connectivity index (χ1n) is 7.94. The molecule has 5 nitrogen and oxygen atoms in total. The SMILES string of the molecule is C[C@H]1CCN1c1nc(N2CCC(O)C2)c2c(n1)C(F)(F)CC2. The molecule has 2 saturated heterocycles. The number of aliphatic hydroxyl groups is 1. The molecule has 1 aromatic rings. The van der Waals surface area contributed by atoms with Crippen molar-refractivity contribution in [3.05, 3.63) is 11.3 Å². The molecule has 1 aromatic heterocycles. The van der Waals surface area contributed by atoms with Gasteiger partial charge in [-0.1, -0.05) is 0 Å². The number of hydrogen-bond donors (Lipinski definition) is 1. The van der Waals surface area contributed by atoms with Crippen molar-refractivity contribution < 1.29 is 13.9 Å². The van der Waals surface area contributed by atoms with Gasteiger partial charge in [-0.05, 0) is 26.2 Å². The Morgan fingerprint density at radius 2 is 2.05 bits per heavy atom. The highest BCUT2D eigenvalue weighted by atomic mass is 19.3. The van der Waals surface area contributed by atoms with Crippen LogP contribution < -0.4 is 9.80 Å². The molecule has 3 heterocycles. The molecule has 120 valence electrons. The van der Waals surface area contributed by atoms with Crippen LogP contribution in [0, 0.1) is 0 Å². The van der Waals surface area contributed by atoms with Gasteiger partial charge in [0.25, 0.3) is 5.92 Å². The minimum absolute atomic E-state index is 0.104. The Balaban J connectivity index is 1.79. The fraction of sp³-hybridized carbons (Fsp3) is 0.733. The second-order valence-electron chi connectivity index (χ2n) is 6.60. The minimum atomic E-state index is -2.87. The summed E-state index contributed by atoms with van der Waals surface area (Å²) in [6, 6.07) is 0.296. The van der Waals surface area contributed by atoms with Gasteiger partial charge in [-0.2, -0.15) is 13.8 Å². The van der Waals surface area contributed by atoms with Crippen LogP contribution in [-0.2, 0) is 12.3 Å². The van der Waals surface area contributed by atoms with E-state index in [0.29, 0.717) is 49.3 Å². The van der Waals surface area contributed by atoms with E-state index in [1.54, 1.807) is 0 Å². The third-order valence-corrected chi connectivity index (χ3v) is 5.05. The molecule has 0 aromatic carbocycles. The molecule has 0 bridgehead atoms. The predicted octanol–water partition coefficient (Wildman–Crippen LogP) is 1.68. The molecule has 1 unspecified atom stereocenters. The molecule has 7 heteroatoms. The molecule has 4 rings (SSSR count). The van der Waals surface area contributed by atoms with E-state index in [0.717, 1.165) is 13.0 Å². The van der Waals surface area contributed by atoms with Crippen LogP contribution in [0.5, 0.6) is 0 Å². The number of aliphatic hydroxyl groups excluding tert-OH is 1. The maximum absolute atomic E-state index is 14.2. The largest absolute Gasteiger partial charge is 0.391 e. The number of β-amino-alcohol motifs (C(OH)–C–C–N with tert-alkyl or cyclic N) is 1. The molecular weight excluding hydrogens is 290 g/mol. The summed E-state index contributed by atoms with van der Waals surface area (Å²) in [5, 5.41) is 9.75. The highest BCUT2D eigenvalue weighted by molar-refractivity contribution is 5.57. The Bertz CT molecular complexity index is 609. The lowest BCUT2D eigenvalue weighted by molar-refractivity contribution is -0.00595. The number of fused-ring (bicyclic) bond motifs is 1. The van der Waals surface area contributed by atoms with Crippen molar-refractivity contribution in [2.45, 2.75) is 50.7 Å². The zero-order valence-corrected chi connectivity index (χ0v) is 12.6. The van der Waals surface area contributed by atoms with Gasteiger partial charge >= 0.3 is 0 Å². The average Bonchev–Trinajstić information content (AvgIpc) is 3.01. The Morgan fingerprint density at radius 3 is 2.64 bits per heavy atom. The lowest BCUT2D eigenvalue weighted by Crippen LogP contribution is -2.47. The van der Waals surface area contributed by atoms with Gasteiger partial charge in [0, 0.05) is 37.7 Å². The molecule has 2 aliphatic heterocycles. The van der Waals surface area contributed by atoms with E-state index in [-0.39, 0.29) is 12.1 Å². The molecule has 0 radical (unpaired) electrons. The van der Waals surface area contributed by atoms with Gasteiger partial charge in [0.05, 0.1) is 6.10 Å². The lowest BCUT2D eigenvalue weighted by atomic mass is 10.1. The van der Waals surface area contributed by atoms with Crippen LogP contribution in [0.3, 0.4) is 0 Å². The van der Waals surface area contributed by atoms with Crippen LogP contribution in [0.15, 0.2) is 0 Å². The van der Waals surface area contributed by atoms with Gasteiger partial charge in [0.15, 0.2) is 0 Å². The summed E-state index contributed by atoms with van der Waals surface area (Å²) >= 11 is 0. The van der Waals surface area contributed by atoms with Crippen molar-refractivity contribution in [2.24, 2.45) is 0 Å². The molecule has 22 heavy (non-hydrogen) atoms. The third kappa shape index (κ3) is 2.06. The Morgan fingerprint density at radius 1 is 1.23 bits per heavy atom. The number of rotatable bonds is 2. The maximum Gasteiger partial charge on any atom is 0.290 e. The van der Waals surface area contributed by atoms with Crippen molar-refractivity contribution >= 4 is 11.8 Å². The second kappa shape index (κ2) is 4.75. The second-order valence-corrected chi connectivity index (χ2v) is 6.60. The quantitative estimate of drug-likeness (QED) is 0.901. The first kappa shape index (κ1) is 14.1. The first-order chi connectivity index (χ1) is 10.5. The molecule has 0 amide bonds. The molecule has 3 aliphatic rings. The lowest BCUT2D eigenvalue weighted by Gasteiger charge is -2.39. The smallest absolute Gasteiger partial charge is 0.290 e.